The van der Waals surface area contributed by atoms with Crippen LogP contribution in [0.4, 0.5) is 0 Å². The van der Waals surface area contributed by atoms with Gasteiger partial charge >= 0.3 is 20.4 Å². The second-order valence-electron chi connectivity index (χ2n) is 19.5. The Balaban J connectivity index is 0.000000818. The molecule has 0 nitrogen and oxygen atoms in total. The molecule has 10 rings (SSSR count). The van der Waals surface area contributed by atoms with Crippen LogP contribution in [-0.2, 0) is 20.4 Å². The molecule has 2 saturated carbocycles. The SMILES string of the molecule is Cc1cc(C(c2ccccc2)c2ccccc2)cc(C)c1-c1cccc(-c2c(C)cc(C(c3ccccc3)c3ccccc3)cc2C)c1[PH+](C1CCCCC1)C1CCCCC1.[Cl-].[Pd+2].[c-]1ccccc1. The molecule has 3 heteroatoms. The van der Waals surface area contributed by atoms with Crippen LogP contribution in [0.1, 0.15) is 132 Å². The van der Waals surface area contributed by atoms with Crippen LogP contribution in [0.5, 0.6) is 0 Å². The first kappa shape index (κ1) is 52.0. The van der Waals surface area contributed by atoms with Gasteiger partial charge in [-0.1, -0.05) is 177 Å². The van der Waals surface area contributed by atoms with Crippen molar-refractivity contribution in [3.8, 4) is 22.3 Å². The Labute approximate surface area is 436 Å². The fourth-order valence-electron chi connectivity index (χ4n) is 12.1. The van der Waals surface area contributed by atoms with Gasteiger partial charge in [0.05, 0.1) is 11.3 Å². The van der Waals surface area contributed by atoms with Crippen molar-refractivity contribution in [3.63, 3.8) is 0 Å². The molecule has 0 amide bonds. The summed E-state index contributed by atoms with van der Waals surface area (Å²) in [4.78, 5) is 0. The van der Waals surface area contributed by atoms with Crippen molar-refractivity contribution in [3.05, 3.63) is 256 Å². The van der Waals surface area contributed by atoms with Crippen molar-refractivity contribution >= 4 is 13.2 Å². The summed E-state index contributed by atoms with van der Waals surface area (Å²) >= 11 is 0. The predicted octanol–water partition coefficient (Wildman–Crippen LogP) is 14.6. The minimum atomic E-state index is -0.965. The van der Waals surface area contributed by atoms with E-state index >= 15 is 0 Å². The predicted molar refractivity (Wildman–Crippen MR) is 291 cm³/mol. The topological polar surface area (TPSA) is 0 Å². The minimum absolute atomic E-state index is 0. The molecule has 8 aromatic rings. The molecule has 2 aliphatic carbocycles. The first-order valence-corrected chi connectivity index (χ1v) is 27.0. The molecule has 0 spiro atoms. The molecule has 354 valence electrons. The van der Waals surface area contributed by atoms with Crippen LogP contribution in [0.2, 0.25) is 0 Å². The van der Waals surface area contributed by atoms with Gasteiger partial charge in [-0.15, -0.1) is 0 Å². The number of aryl methyl sites for hydroxylation is 4. The first-order valence-electron chi connectivity index (χ1n) is 25.3. The molecule has 2 aliphatic rings. The molecule has 0 bridgehead atoms. The Bertz CT molecular complexity index is 2470. The summed E-state index contributed by atoms with van der Waals surface area (Å²) in [6, 6.07) is 74.7. The average Bonchev–Trinajstić information content (AvgIpc) is 3.37. The van der Waals surface area contributed by atoms with Gasteiger partial charge in [0.15, 0.2) is 0 Å². The first-order chi connectivity index (χ1) is 33.0. The van der Waals surface area contributed by atoms with E-state index in [1.165, 1.54) is 142 Å². The molecule has 8 aromatic carbocycles. The van der Waals surface area contributed by atoms with Crippen LogP contribution < -0.4 is 17.7 Å². The quantitative estimate of drug-likeness (QED) is 0.0524. The Morgan fingerprint density at radius 1 is 0.377 bits per heavy atom. The van der Waals surface area contributed by atoms with Gasteiger partial charge in [0.2, 0.25) is 0 Å². The molecule has 69 heavy (non-hydrogen) atoms. The fourth-order valence-corrected chi connectivity index (χ4v) is 16.7. The summed E-state index contributed by atoms with van der Waals surface area (Å²) in [6.45, 7) is 9.62. The molecule has 0 radical (unpaired) electrons. The maximum absolute atomic E-state index is 2.89. The van der Waals surface area contributed by atoms with Crippen LogP contribution >= 0.6 is 7.92 Å². The summed E-state index contributed by atoms with van der Waals surface area (Å²) < 4.78 is 0. The molecule has 0 heterocycles. The molecule has 0 atom stereocenters. The standard InChI is InChI=1S/C60H63P.C6H5.ClH.Pd/c1-42-38-50(58(46-24-11-5-12-25-46)47-26-13-6-14-27-47)39-43(2)56(42)54-36-23-37-55(60(54)61(52-32-19-9-20-33-52)53-34-21-10-22-35-53)57-44(3)40-51(41-45(57)4)59(48-28-15-7-16-29-48)49-30-17-8-18-31-49;1-2-4-6-5-3-1;;/h5-8,11-18,23-31,36-41,52-53,58-59H,9-10,19-22,32-35H2,1-4H3;1-5H;1H;/q;-1;;+2. The van der Waals surface area contributed by atoms with Gasteiger partial charge in [0.25, 0.3) is 0 Å². The normalized spacial score (nSPS) is 14.1. The van der Waals surface area contributed by atoms with Crippen LogP contribution in [0.25, 0.3) is 22.3 Å². The second kappa shape index (κ2) is 25.3. The van der Waals surface area contributed by atoms with Crippen LogP contribution in [0.15, 0.2) is 194 Å². The summed E-state index contributed by atoms with van der Waals surface area (Å²) in [6.07, 6.45) is 14.0. The number of halogens is 1. The van der Waals surface area contributed by atoms with Gasteiger partial charge in [-0.3, -0.25) is 0 Å². The van der Waals surface area contributed by atoms with Crippen LogP contribution in [-0.4, -0.2) is 11.3 Å². The van der Waals surface area contributed by atoms with E-state index in [1.54, 1.807) is 5.30 Å². The number of hydrogen-bond acceptors (Lipinski definition) is 0. The molecule has 0 unspecified atom stereocenters. The second-order valence-corrected chi connectivity index (χ2v) is 22.5. The van der Waals surface area contributed by atoms with E-state index in [4.69, 9.17) is 0 Å². The molecule has 0 aliphatic heterocycles. The zero-order chi connectivity index (χ0) is 46.0. The van der Waals surface area contributed by atoms with E-state index in [2.05, 4.69) is 198 Å². The fraction of sp³-hybridized carbons (Fsp3) is 0.273. The summed E-state index contributed by atoms with van der Waals surface area (Å²) in [5.74, 6) is 0.367. The van der Waals surface area contributed by atoms with Gasteiger partial charge < -0.3 is 12.4 Å². The van der Waals surface area contributed by atoms with Gasteiger partial charge in [-0.2, -0.15) is 36.4 Å². The van der Waals surface area contributed by atoms with Gasteiger partial charge in [0.1, 0.15) is 5.30 Å². The van der Waals surface area contributed by atoms with Gasteiger partial charge in [-0.25, -0.2) is 0 Å². The van der Waals surface area contributed by atoms with Crippen molar-refractivity contribution in [1.82, 2.24) is 0 Å². The maximum atomic E-state index is 2.89. The van der Waals surface area contributed by atoms with Crippen molar-refractivity contribution in [2.75, 3.05) is 0 Å². The van der Waals surface area contributed by atoms with Crippen molar-refractivity contribution in [2.45, 2.75) is 115 Å². The van der Waals surface area contributed by atoms with Crippen molar-refractivity contribution in [2.24, 2.45) is 0 Å². The van der Waals surface area contributed by atoms with E-state index in [0.717, 1.165) is 11.3 Å². The molecular formula is C66H69ClPPd+. The summed E-state index contributed by atoms with van der Waals surface area (Å²) in [7, 11) is -0.965. The van der Waals surface area contributed by atoms with E-state index in [1.807, 2.05) is 30.3 Å². The van der Waals surface area contributed by atoms with Crippen molar-refractivity contribution < 1.29 is 32.8 Å². The Kier molecular flexibility index (Phi) is 19.1. The largest absolute Gasteiger partial charge is 2.00 e. The van der Waals surface area contributed by atoms with E-state index in [9.17, 15) is 0 Å². The zero-order valence-corrected chi connectivity index (χ0v) is 44.4. The average molecular weight is 1040 g/mol. The zero-order valence-electron chi connectivity index (χ0n) is 41.0. The molecule has 0 saturated heterocycles. The molecule has 0 aromatic heterocycles. The summed E-state index contributed by atoms with van der Waals surface area (Å²) in [5, 5.41) is 1.74. The Hall–Kier alpha value is -4.86. The van der Waals surface area contributed by atoms with E-state index < -0.39 is 7.92 Å². The van der Waals surface area contributed by atoms with E-state index in [-0.39, 0.29) is 44.7 Å². The smallest absolute Gasteiger partial charge is 1.00 e. The number of rotatable bonds is 11. The van der Waals surface area contributed by atoms with Gasteiger partial charge in [-0.05, 0) is 146 Å². The minimum Gasteiger partial charge on any atom is -1.00 e. The number of hydrogen-bond donors (Lipinski definition) is 0. The molecule has 2 fully saturated rings. The van der Waals surface area contributed by atoms with Crippen molar-refractivity contribution in [1.29, 1.82) is 0 Å². The number of benzene rings is 8. The Morgan fingerprint density at radius 2 is 0.681 bits per heavy atom. The molecular weight excluding hydrogens is 966 g/mol. The van der Waals surface area contributed by atoms with E-state index in [0.29, 0.717) is 0 Å². The Morgan fingerprint density at radius 3 is 0.957 bits per heavy atom. The maximum Gasteiger partial charge on any atom is 2.00 e. The van der Waals surface area contributed by atoms with Crippen LogP contribution in [0, 0.1) is 33.8 Å². The third kappa shape index (κ3) is 12.2. The monoisotopic (exact) mass is 1030 g/mol. The third-order valence-electron chi connectivity index (χ3n) is 14.9. The van der Waals surface area contributed by atoms with Gasteiger partial charge in [0, 0.05) is 30.9 Å². The summed E-state index contributed by atoms with van der Waals surface area (Å²) in [5.41, 5.74) is 21.4. The molecule has 0 N–H and O–H groups in total. The van der Waals surface area contributed by atoms with Crippen LogP contribution in [0.3, 0.4) is 0 Å². The third-order valence-corrected chi connectivity index (χ3v) is 18.9.